The molecule has 2 fully saturated rings. The van der Waals surface area contributed by atoms with Crippen molar-refractivity contribution in [3.8, 4) is 0 Å². The summed E-state index contributed by atoms with van der Waals surface area (Å²) < 4.78 is 16.4. The minimum atomic E-state index is -1.61. The number of hydrogen-bond acceptors (Lipinski definition) is 8. The lowest BCUT2D eigenvalue weighted by Crippen LogP contribution is -2.71. The highest BCUT2D eigenvalue weighted by molar-refractivity contribution is 6.48. The fraction of sp³-hybridized carbons (Fsp3) is 0.621. The number of ether oxygens (including phenoxy) is 2. The van der Waals surface area contributed by atoms with Crippen LogP contribution in [-0.2, 0) is 33.1 Å². The van der Waals surface area contributed by atoms with Gasteiger partial charge in [0.15, 0.2) is 14.8 Å². The van der Waals surface area contributed by atoms with E-state index < -0.39 is 50.5 Å². The second kappa shape index (κ2) is 15.1. The molecule has 2 saturated heterocycles. The van der Waals surface area contributed by atoms with Gasteiger partial charge in [0.05, 0.1) is 17.6 Å². The minimum absolute atomic E-state index is 0.0317. The van der Waals surface area contributed by atoms with E-state index in [2.05, 4.69) is 13.2 Å². The number of Topliss-reactive ketones (excluding diaryl/α,β-unsaturated/α-hetero) is 1. The van der Waals surface area contributed by atoms with Crippen LogP contribution in [0.25, 0.3) is 0 Å². The van der Waals surface area contributed by atoms with E-state index in [1.807, 2.05) is 33.0 Å². The van der Waals surface area contributed by atoms with Gasteiger partial charge in [-0.05, 0) is 51.3 Å². The van der Waals surface area contributed by atoms with Gasteiger partial charge in [-0.1, -0.05) is 51.2 Å². The quantitative estimate of drug-likeness (QED) is 0.0769. The van der Waals surface area contributed by atoms with Crippen molar-refractivity contribution in [2.75, 3.05) is 26.3 Å². The maximum Gasteiger partial charge on any atom is 0.410 e. The molecular formula is C29H44N2O8Si. The molecule has 10 nitrogen and oxygen atoms in total. The van der Waals surface area contributed by atoms with Gasteiger partial charge in [-0.25, -0.2) is 9.59 Å². The summed E-state index contributed by atoms with van der Waals surface area (Å²) in [4.78, 5) is 66.7. The van der Waals surface area contributed by atoms with Crippen molar-refractivity contribution in [2.45, 2.75) is 77.6 Å². The van der Waals surface area contributed by atoms with Crippen LogP contribution in [0.5, 0.6) is 0 Å². The molecule has 0 spiro atoms. The third-order valence-corrected chi connectivity index (χ3v) is 8.27. The van der Waals surface area contributed by atoms with Gasteiger partial charge in [0.25, 0.3) is 0 Å². The number of carbonyl (C=O) groups excluding carboxylic acids is 5. The van der Waals surface area contributed by atoms with E-state index >= 15 is 0 Å². The van der Waals surface area contributed by atoms with Crippen LogP contribution in [0, 0.1) is 11.8 Å². The summed E-state index contributed by atoms with van der Waals surface area (Å²) in [5.41, 5.74) is -0.393. The van der Waals surface area contributed by atoms with Crippen LogP contribution in [0.2, 0.25) is 13.1 Å². The zero-order valence-electron chi connectivity index (χ0n) is 24.5. The molecule has 4 atom stereocenters. The summed E-state index contributed by atoms with van der Waals surface area (Å²) >= 11 is 0. The topological polar surface area (TPSA) is 120 Å². The molecule has 2 aliphatic rings. The molecule has 2 heterocycles. The summed E-state index contributed by atoms with van der Waals surface area (Å²) in [6.07, 6.45) is 7.07. The Morgan fingerprint density at radius 1 is 1.12 bits per heavy atom. The van der Waals surface area contributed by atoms with E-state index in [-0.39, 0.29) is 31.3 Å². The summed E-state index contributed by atoms with van der Waals surface area (Å²) in [5, 5.41) is 0. The standard InChI is InChI=1S/C29H44N2O8Si/c1-8-11-13-29(5,39-40(6)7)24-22(31(25(24)33)26(34)27(35)37-15-9-2)18-23(32)20(4)17-21-12-14-30(19-21)28(36)38-16-10-3/h9-10,17,21-22,24,40H,2-3,8,11-16,18-19H2,1,4-7H3/b20-17+/t21?,22-,24-,29-/m1/s1. The second-order valence-corrected chi connectivity index (χ2v) is 13.2. The average Bonchev–Trinajstić information content (AvgIpc) is 3.36. The molecule has 0 aromatic carbocycles. The van der Waals surface area contributed by atoms with Crippen molar-refractivity contribution in [2.24, 2.45) is 11.8 Å². The second-order valence-electron chi connectivity index (χ2n) is 10.9. The molecule has 0 saturated carbocycles. The third kappa shape index (κ3) is 8.23. The maximum atomic E-state index is 13.4. The summed E-state index contributed by atoms with van der Waals surface area (Å²) in [6.45, 7) is 17.5. The Morgan fingerprint density at radius 2 is 1.77 bits per heavy atom. The van der Waals surface area contributed by atoms with Crippen molar-refractivity contribution in [1.82, 2.24) is 9.80 Å². The van der Waals surface area contributed by atoms with Crippen LogP contribution in [0.1, 0.15) is 52.9 Å². The first kappa shape index (κ1) is 33.2. The highest BCUT2D eigenvalue weighted by Gasteiger charge is 2.60. The van der Waals surface area contributed by atoms with Gasteiger partial charge in [0.1, 0.15) is 13.2 Å². The Kier molecular flexibility index (Phi) is 12.5. The molecule has 0 radical (unpaired) electrons. The van der Waals surface area contributed by atoms with Crippen molar-refractivity contribution < 1.29 is 37.9 Å². The largest absolute Gasteiger partial charge is 0.454 e. The summed E-state index contributed by atoms with van der Waals surface area (Å²) in [7, 11) is -1.61. The summed E-state index contributed by atoms with van der Waals surface area (Å²) in [5.74, 6) is -3.81. The van der Waals surface area contributed by atoms with Crippen LogP contribution in [-0.4, -0.2) is 86.4 Å². The number of hydrogen-bond donors (Lipinski definition) is 0. The normalized spacial score (nSPS) is 22.4. The number of nitrogens with zero attached hydrogens (tertiary/aromatic N) is 2. The van der Waals surface area contributed by atoms with E-state index in [4.69, 9.17) is 13.9 Å². The van der Waals surface area contributed by atoms with E-state index in [1.165, 1.54) is 12.2 Å². The minimum Gasteiger partial charge on any atom is -0.454 e. The molecule has 2 rings (SSSR count). The van der Waals surface area contributed by atoms with Gasteiger partial charge in [-0.15, -0.1) is 0 Å². The monoisotopic (exact) mass is 576 g/mol. The van der Waals surface area contributed by atoms with E-state index in [1.54, 1.807) is 11.8 Å². The number of rotatable bonds is 14. The van der Waals surface area contributed by atoms with Crippen molar-refractivity contribution >= 4 is 38.7 Å². The average molecular weight is 577 g/mol. The van der Waals surface area contributed by atoms with Gasteiger partial charge in [0.2, 0.25) is 5.91 Å². The molecule has 222 valence electrons. The molecule has 0 aromatic rings. The molecule has 0 N–H and O–H groups in total. The maximum absolute atomic E-state index is 13.4. The third-order valence-electron chi connectivity index (χ3n) is 7.26. The lowest BCUT2D eigenvalue weighted by molar-refractivity contribution is -0.186. The van der Waals surface area contributed by atoms with Crippen LogP contribution < -0.4 is 0 Å². The lowest BCUT2D eigenvalue weighted by Gasteiger charge is -2.53. The number of esters is 1. The molecule has 1 unspecified atom stereocenters. The van der Waals surface area contributed by atoms with E-state index in [0.717, 1.165) is 17.7 Å². The van der Waals surface area contributed by atoms with Crippen molar-refractivity contribution in [3.63, 3.8) is 0 Å². The van der Waals surface area contributed by atoms with Crippen LogP contribution >= 0.6 is 0 Å². The molecule has 3 amide bonds. The van der Waals surface area contributed by atoms with Crippen molar-refractivity contribution in [1.29, 1.82) is 0 Å². The van der Waals surface area contributed by atoms with Gasteiger partial charge < -0.3 is 18.8 Å². The van der Waals surface area contributed by atoms with E-state index in [0.29, 0.717) is 31.5 Å². The smallest absolute Gasteiger partial charge is 0.410 e. The van der Waals surface area contributed by atoms with Gasteiger partial charge in [-0.2, -0.15) is 0 Å². The number of imide groups is 1. The fourth-order valence-electron chi connectivity index (χ4n) is 5.43. The molecule has 40 heavy (non-hydrogen) atoms. The zero-order valence-corrected chi connectivity index (χ0v) is 25.6. The number of carbonyl (C=O) groups is 5. The van der Waals surface area contributed by atoms with Crippen molar-refractivity contribution in [3.05, 3.63) is 37.0 Å². The Balaban J connectivity index is 2.26. The Bertz CT molecular complexity index is 1030. The first-order valence-electron chi connectivity index (χ1n) is 14.0. The molecule has 0 aliphatic carbocycles. The molecule has 2 aliphatic heterocycles. The number of unbranched alkanes of at least 4 members (excludes halogenated alkanes) is 1. The highest BCUT2D eigenvalue weighted by Crippen LogP contribution is 2.43. The molecule has 0 bridgehead atoms. The molecule has 0 aromatic heterocycles. The van der Waals surface area contributed by atoms with Gasteiger partial charge >= 0.3 is 18.0 Å². The highest BCUT2D eigenvalue weighted by atomic mass is 28.3. The predicted octanol–water partition coefficient (Wildman–Crippen LogP) is 3.57. The van der Waals surface area contributed by atoms with Crippen LogP contribution in [0.4, 0.5) is 4.79 Å². The SMILES string of the molecule is C=CCOC(=O)C(=O)N1C(=O)[C@H]([C@@](C)(CCCC)O[SiH](C)C)[C@H]1CC(=O)/C(C)=C/C1CCN(C(=O)OCC=C)C1. The number of ketones is 1. The number of amides is 3. The fourth-order valence-corrected chi connectivity index (χ4v) is 6.77. The number of likely N-dealkylation sites (tertiary alicyclic amines) is 2. The Morgan fingerprint density at radius 3 is 2.38 bits per heavy atom. The molecular weight excluding hydrogens is 532 g/mol. The van der Waals surface area contributed by atoms with E-state index in [9.17, 15) is 24.0 Å². The number of allylic oxidation sites excluding steroid dienone is 1. The zero-order chi connectivity index (χ0) is 30.0. The van der Waals surface area contributed by atoms with Gasteiger partial charge in [0, 0.05) is 19.5 Å². The Hall–Kier alpha value is -3.05. The lowest BCUT2D eigenvalue weighted by atomic mass is 9.71. The Labute approximate surface area is 239 Å². The summed E-state index contributed by atoms with van der Waals surface area (Å²) in [6, 6.07) is -0.837. The molecule has 11 heteroatoms. The number of β-lactam (4-membered cyclic amide) rings is 1. The first-order chi connectivity index (χ1) is 18.9. The van der Waals surface area contributed by atoms with Crippen LogP contribution in [0.15, 0.2) is 37.0 Å². The predicted molar refractivity (Wildman–Crippen MR) is 153 cm³/mol. The first-order valence-corrected chi connectivity index (χ1v) is 16.7. The van der Waals surface area contributed by atoms with Gasteiger partial charge in [-0.3, -0.25) is 19.3 Å². The van der Waals surface area contributed by atoms with Crippen LogP contribution in [0.3, 0.4) is 0 Å².